The van der Waals surface area contributed by atoms with E-state index in [0.29, 0.717) is 17.9 Å². The molecule has 0 aliphatic rings. The molecule has 0 aliphatic carbocycles. The van der Waals surface area contributed by atoms with Crippen molar-refractivity contribution in [1.82, 2.24) is 4.98 Å². The highest BCUT2D eigenvalue weighted by molar-refractivity contribution is 7.19. The van der Waals surface area contributed by atoms with Crippen molar-refractivity contribution in [3.05, 3.63) is 52.5 Å². The second-order valence-electron chi connectivity index (χ2n) is 5.22. The molecule has 6 heteroatoms. The van der Waals surface area contributed by atoms with Crippen LogP contribution in [0, 0.1) is 0 Å². The number of rotatable bonds is 5. The van der Waals surface area contributed by atoms with E-state index in [-0.39, 0.29) is 11.7 Å². The fourth-order valence-corrected chi connectivity index (χ4v) is 3.23. The van der Waals surface area contributed by atoms with Crippen molar-refractivity contribution in [3.63, 3.8) is 0 Å². The number of carbonyl (C=O) groups excluding carboxylic acids is 1. The number of methoxy groups -OCH3 is 1. The van der Waals surface area contributed by atoms with Gasteiger partial charge in [0.2, 0.25) is 0 Å². The first-order valence-electron chi connectivity index (χ1n) is 7.73. The number of phenols is 1. The predicted molar refractivity (Wildman–Crippen MR) is 99.2 cm³/mol. The van der Waals surface area contributed by atoms with Crippen molar-refractivity contribution >= 4 is 39.7 Å². The maximum absolute atomic E-state index is 11.8. The fourth-order valence-electron chi connectivity index (χ4n) is 2.32. The Morgan fingerprint density at radius 2 is 2.08 bits per heavy atom. The van der Waals surface area contributed by atoms with E-state index < -0.39 is 0 Å². The van der Waals surface area contributed by atoms with Crippen LogP contribution in [0.25, 0.3) is 22.4 Å². The Balaban J connectivity index is 1.85. The molecule has 1 aromatic heterocycles. The molecule has 0 spiro atoms. The number of esters is 1. The summed E-state index contributed by atoms with van der Waals surface area (Å²) in [6.07, 6.45) is 3.78. The Hall–Kier alpha value is -2.86. The van der Waals surface area contributed by atoms with Crippen LogP contribution in [0.5, 0.6) is 11.5 Å². The van der Waals surface area contributed by atoms with Crippen molar-refractivity contribution in [2.75, 3.05) is 13.7 Å². The Morgan fingerprint density at radius 3 is 2.84 bits per heavy atom. The lowest BCUT2D eigenvalue weighted by molar-refractivity contribution is 0.0526. The molecule has 2 aromatic carbocycles. The highest BCUT2D eigenvalue weighted by Crippen LogP contribution is 2.28. The van der Waals surface area contributed by atoms with Crippen molar-refractivity contribution in [3.8, 4) is 11.5 Å². The molecule has 0 amide bonds. The topological polar surface area (TPSA) is 68.7 Å². The van der Waals surface area contributed by atoms with Gasteiger partial charge in [-0.2, -0.15) is 0 Å². The molecule has 0 aliphatic heterocycles. The van der Waals surface area contributed by atoms with E-state index in [4.69, 9.17) is 9.47 Å². The van der Waals surface area contributed by atoms with Gasteiger partial charge in [0.15, 0.2) is 11.5 Å². The van der Waals surface area contributed by atoms with Gasteiger partial charge in [0.1, 0.15) is 5.01 Å². The summed E-state index contributed by atoms with van der Waals surface area (Å²) in [7, 11) is 1.51. The third-order valence-corrected chi connectivity index (χ3v) is 4.52. The molecule has 0 bridgehead atoms. The number of nitrogens with zero attached hydrogens (tertiary/aromatic N) is 1. The van der Waals surface area contributed by atoms with Crippen LogP contribution in [0.4, 0.5) is 0 Å². The minimum Gasteiger partial charge on any atom is -0.504 e. The lowest BCUT2D eigenvalue weighted by Gasteiger charge is -2.03. The maximum atomic E-state index is 11.8. The second-order valence-corrected chi connectivity index (χ2v) is 6.28. The van der Waals surface area contributed by atoms with Crippen molar-refractivity contribution in [2.24, 2.45) is 0 Å². The summed E-state index contributed by atoms with van der Waals surface area (Å²) in [5, 5.41) is 10.4. The molecule has 128 valence electrons. The number of fused-ring (bicyclic) bond motifs is 1. The van der Waals surface area contributed by atoms with E-state index in [1.54, 1.807) is 37.3 Å². The molecule has 0 radical (unpaired) electrons. The molecule has 3 aromatic rings. The Kier molecular flexibility index (Phi) is 5.00. The zero-order chi connectivity index (χ0) is 17.8. The summed E-state index contributed by atoms with van der Waals surface area (Å²) in [6.45, 7) is 2.13. The smallest absolute Gasteiger partial charge is 0.338 e. The predicted octanol–water partition coefficient (Wildman–Crippen LogP) is 4.36. The Bertz CT molecular complexity index is 946. The van der Waals surface area contributed by atoms with Gasteiger partial charge in [0.25, 0.3) is 0 Å². The van der Waals surface area contributed by atoms with Crippen LogP contribution >= 0.6 is 11.3 Å². The highest BCUT2D eigenvalue weighted by Gasteiger charge is 2.09. The van der Waals surface area contributed by atoms with Crippen molar-refractivity contribution in [1.29, 1.82) is 0 Å². The lowest BCUT2D eigenvalue weighted by Crippen LogP contribution is -2.03. The number of hydrogen-bond donors (Lipinski definition) is 1. The SMILES string of the molecule is CCOC(=O)c1ccc2nc(/C=C/c3ccc(O)c(OC)c3)sc2c1. The van der Waals surface area contributed by atoms with Gasteiger partial charge in [-0.3, -0.25) is 0 Å². The number of aromatic nitrogens is 1. The van der Waals surface area contributed by atoms with E-state index in [1.807, 2.05) is 18.2 Å². The average molecular weight is 355 g/mol. The van der Waals surface area contributed by atoms with Gasteiger partial charge in [-0.05, 0) is 48.9 Å². The third kappa shape index (κ3) is 3.80. The second kappa shape index (κ2) is 7.36. The largest absolute Gasteiger partial charge is 0.504 e. The summed E-state index contributed by atoms with van der Waals surface area (Å²) < 4.78 is 11.0. The number of benzene rings is 2. The average Bonchev–Trinajstić information content (AvgIpc) is 3.03. The molecule has 0 fully saturated rings. The number of thiazole rings is 1. The molecule has 0 atom stereocenters. The fraction of sp³-hybridized carbons (Fsp3) is 0.158. The molecule has 5 nitrogen and oxygen atoms in total. The zero-order valence-electron chi connectivity index (χ0n) is 13.9. The minimum absolute atomic E-state index is 0.103. The monoisotopic (exact) mass is 355 g/mol. The molecule has 0 unspecified atom stereocenters. The molecule has 1 heterocycles. The first kappa shape index (κ1) is 17.0. The van der Waals surface area contributed by atoms with E-state index in [2.05, 4.69) is 4.98 Å². The van der Waals surface area contributed by atoms with Gasteiger partial charge in [0.05, 0.1) is 29.5 Å². The van der Waals surface area contributed by atoms with Gasteiger partial charge in [-0.15, -0.1) is 11.3 Å². The minimum atomic E-state index is -0.328. The van der Waals surface area contributed by atoms with Crippen LogP contribution in [-0.2, 0) is 4.74 Å². The number of phenolic OH excluding ortho intramolecular Hbond substituents is 1. The number of carbonyl (C=O) groups is 1. The number of aromatic hydroxyl groups is 1. The number of hydrogen-bond acceptors (Lipinski definition) is 6. The Morgan fingerprint density at radius 1 is 1.24 bits per heavy atom. The lowest BCUT2D eigenvalue weighted by atomic mass is 10.2. The summed E-state index contributed by atoms with van der Waals surface area (Å²) in [4.78, 5) is 16.3. The van der Waals surface area contributed by atoms with Crippen LogP contribution in [0.3, 0.4) is 0 Å². The Labute approximate surface area is 149 Å². The quantitative estimate of drug-likeness (QED) is 0.689. The van der Waals surface area contributed by atoms with Crippen LogP contribution in [0.15, 0.2) is 36.4 Å². The summed E-state index contributed by atoms with van der Waals surface area (Å²) in [6, 6.07) is 10.5. The van der Waals surface area contributed by atoms with Gasteiger partial charge in [0, 0.05) is 0 Å². The van der Waals surface area contributed by atoms with Crippen LogP contribution in [0.1, 0.15) is 27.9 Å². The third-order valence-electron chi connectivity index (χ3n) is 3.54. The zero-order valence-corrected chi connectivity index (χ0v) is 14.7. The maximum Gasteiger partial charge on any atom is 0.338 e. The van der Waals surface area contributed by atoms with Gasteiger partial charge in [-0.25, -0.2) is 9.78 Å². The molecule has 0 saturated carbocycles. The van der Waals surface area contributed by atoms with Crippen molar-refractivity contribution < 1.29 is 19.4 Å². The standard InChI is InChI=1S/C19H17NO4S/c1-3-24-19(22)13-6-7-14-17(11-13)25-18(20-14)9-5-12-4-8-15(21)16(10-12)23-2/h4-11,21H,3H2,1-2H3/b9-5+. The molecule has 25 heavy (non-hydrogen) atoms. The summed E-state index contributed by atoms with van der Waals surface area (Å²) in [5.41, 5.74) is 2.25. The summed E-state index contributed by atoms with van der Waals surface area (Å²) in [5.74, 6) is 0.197. The first-order chi connectivity index (χ1) is 12.1. The van der Waals surface area contributed by atoms with Gasteiger partial charge < -0.3 is 14.6 Å². The van der Waals surface area contributed by atoms with E-state index in [9.17, 15) is 9.90 Å². The molecule has 0 saturated heterocycles. The molecular formula is C19H17NO4S. The highest BCUT2D eigenvalue weighted by atomic mass is 32.1. The molecular weight excluding hydrogens is 338 g/mol. The van der Waals surface area contributed by atoms with Crippen LogP contribution < -0.4 is 4.74 Å². The normalized spacial score (nSPS) is 11.1. The van der Waals surface area contributed by atoms with Crippen LogP contribution in [0.2, 0.25) is 0 Å². The molecule has 1 N–H and O–H groups in total. The van der Waals surface area contributed by atoms with Crippen molar-refractivity contribution in [2.45, 2.75) is 6.92 Å². The van der Waals surface area contributed by atoms with Gasteiger partial charge in [-0.1, -0.05) is 12.1 Å². The molecule has 3 rings (SSSR count). The van der Waals surface area contributed by atoms with E-state index in [0.717, 1.165) is 20.8 Å². The first-order valence-corrected chi connectivity index (χ1v) is 8.55. The van der Waals surface area contributed by atoms with Gasteiger partial charge >= 0.3 is 5.97 Å². The summed E-state index contributed by atoms with van der Waals surface area (Å²) >= 11 is 1.49. The van der Waals surface area contributed by atoms with Crippen LogP contribution in [-0.4, -0.2) is 29.8 Å². The van der Waals surface area contributed by atoms with E-state index >= 15 is 0 Å². The number of ether oxygens (including phenoxy) is 2. The van der Waals surface area contributed by atoms with E-state index in [1.165, 1.54) is 18.4 Å².